The number of rotatable bonds is 5. The first kappa shape index (κ1) is 16.7. The molecule has 1 aliphatic heterocycles. The molecule has 0 aliphatic carbocycles. The van der Waals surface area contributed by atoms with Gasteiger partial charge in [-0.3, -0.25) is 0 Å². The number of methoxy groups -OCH3 is 1. The van der Waals surface area contributed by atoms with E-state index in [-0.39, 0.29) is 11.0 Å². The molecule has 1 aromatic rings. The fourth-order valence-electron chi connectivity index (χ4n) is 2.60. The van der Waals surface area contributed by atoms with Crippen LogP contribution < -0.4 is 5.32 Å². The number of ether oxygens (including phenoxy) is 1. The van der Waals surface area contributed by atoms with Crippen molar-refractivity contribution in [2.24, 2.45) is 0 Å². The average Bonchev–Trinajstić information content (AvgIpc) is 2.92. The van der Waals surface area contributed by atoms with E-state index in [1.807, 2.05) is 14.0 Å². The summed E-state index contributed by atoms with van der Waals surface area (Å²) in [4.78, 5) is 0.289. The second kappa shape index (κ2) is 6.62. The van der Waals surface area contributed by atoms with Crippen molar-refractivity contribution in [3.63, 3.8) is 0 Å². The van der Waals surface area contributed by atoms with E-state index in [1.54, 1.807) is 13.2 Å². The second-order valence-electron chi connectivity index (χ2n) is 5.23. The predicted octanol–water partition coefficient (Wildman–Crippen LogP) is 1.78. The number of benzene rings is 1. The molecule has 1 atom stereocenters. The van der Waals surface area contributed by atoms with Crippen LogP contribution in [0.4, 0.5) is 0 Å². The summed E-state index contributed by atoms with van der Waals surface area (Å²) in [5, 5.41) is 3.47. The molecule has 1 unspecified atom stereocenters. The van der Waals surface area contributed by atoms with E-state index >= 15 is 0 Å². The van der Waals surface area contributed by atoms with Crippen LogP contribution in [0.15, 0.2) is 17.0 Å². The Balaban J connectivity index is 2.40. The van der Waals surface area contributed by atoms with Gasteiger partial charge >= 0.3 is 0 Å². The Morgan fingerprint density at radius 1 is 1.48 bits per heavy atom. The summed E-state index contributed by atoms with van der Waals surface area (Å²) in [6.45, 7) is 3.27. The van der Waals surface area contributed by atoms with Gasteiger partial charge in [-0.05, 0) is 43.7 Å². The van der Waals surface area contributed by atoms with Crippen LogP contribution in [-0.4, -0.2) is 46.1 Å². The maximum absolute atomic E-state index is 12.8. The normalized spacial score (nSPS) is 20.1. The SMILES string of the molecule is CNCc1cc(Cl)cc(S(=O)(=O)N2CCC(OC)C2)c1C. The number of hydrogen-bond donors (Lipinski definition) is 1. The minimum absolute atomic E-state index is 0.0314. The Kier molecular flexibility index (Phi) is 5.27. The number of halogens is 1. The lowest BCUT2D eigenvalue weighted by Crippen LogP contribution is -2.31. The van der Waals surface area contributed by atoms with E-state index < -0.39 is 10.0 Å². The predicted molar refractivity (Wildman–Crippen MR) is 83.1 cm³/mol. The van der Waals surface area contributed by atoms with Gasteiger partial charge in [0.15, 0.2) is 0 Å². The van der Waals surface area contributed by atoms with Gasteiger partial charge in [-0.15, -0.1) is 0 Å². The van der Waals surface area contributed by atoms with E-state index in [0.717, 1.165) is 17.5 Å². The van der Waals surface area contributed by atoms with Gasteiger partial charge in [0.2, 0.25) is 10.0 Å². The Morgan fingerprint density at radius 2 is 2.19 bits per heavy atom. The maximum atomic E-state index is 12.8. The summed E-state index contributed by atoms with van der Waals surface area (Å²) in [6, 6.07) is 3.33. The number of sulfonamides is 1. The van der Waals surface area contributed by atoms with Gasteiger partial charge in [-0.25, -0.2) is 8.42 Å². The van der Waals surface area contributed by atoms with Gasteiger partial charge in [-0.2, -0.15) is 4.31 Å². The van der Waals surface area contributed by atoms with Crippen molar-refractivity contribution in [3.8, 4) is 0 Å². The topological polar surface area (TPSA) is 58.6 Å². The zero-order chi connectivity index (χ0) is 15.6. The van der Waals surface area contributed by atoms with Crippen LogP contribution in [-0.2, 0) is 21.3 Å². The first-order valence-electron chi connectivity index (χ1n) is 6.86. The van der Waals surface area contributed by atoms with E-state index in [9.17, 15) is 8.42 Å². The molecule has 1 fully saturated rings. The first-order valence-corrected chi connectivity index (χ1v) is 8.68. The molecule has 0 spiro atoms. The largest absolute Gasteiger partial charge is 0.380 e. The van der Waals surface area contributed by atoms with Crippen LogP contribution in [0.5, 0.6) is 0 Å². The number of nitrogens with one attached hydrogen (secondary N) is 1. The maximum Gasteiger partial charge on any atom is 0.243 e. The molecule has 1 N–H and O–H groups in total. The molecular weight excluding hydrogens is 312 g/mol. The molecule has 1 heterocycles. The molecule has 0 aromatic heterocycles. The third-order valence-corrected chi connectivity index (χ3v) is 6.07. The summed E-state index contributed by atoms with van der Waals surface area (Å²) in [6.07, 6.45) is 0.690. The second-order valence-corrected chi connectivity index (χ2v) is 7.57. The van der Waals surface area contributed by atoms with Crippen LogP contribution in [0.1, 0.15) is 17.5 Å². The van der Waals surface area contributed by atoms with Crippen molar-refractivity contribution in [1.82, 2.24) is 9.62 Å². The third kappa shape index (κ3) is 3.40. The Labute approximate surface area is 131 Å². The molecule has 0 saturated carbocycles. The molecule has 0 amide bonds. The Bertz CT molecular complexity index is 619. The highest BCUT2D eigenvalue weighted by atomic mass is 35.5. The zero-order valence-electron chi connectivity index (χ0n) is 12.5. The molecule has 21 heavy (non-hydrogen) atoms. The van der Waals surface area contributed by atoms with Crippen molar-refractivity contribution in [2.45, 2.75) is 30.9 Å². The van der Waals surface area contributed by atoms with Crippen molar-refractivity contribution >= 4 is 21.6 Å². The van der Waals surface area contributed by atoms with E-state index in [4.69, 9.17) is 16.3 Å². The minimum Gasteiger partial charge on any atom is -0.380 e. The molecule has 118 valence electrons. The minimum atomic E-state index is -3.53. The quantitative estimate of drug-likeness (QED) is 0.893. The molecule has 5 nitrogen and oxygen atoms in total. The standard InChI is InChI=1S/C14H21ClN2O3S/c1-10-11(8-16-2)6-12(15)7-14(10)21(18,19)17-5-4-13(9-17)20-3/h6-7,13,16H,4-5,8-9H2,1-3H3. The average molecular weight is 333 g/mol. The molecule has 2 rings (SSSR count). The lowest BCUT2D eigenvalue weighted by atomic mass is 10.1. The highest BCUT2D eigenvalue weighted by Gasteiger charge is 2.34. The lowest BCUT2D eigenvalue weighted by molar-refractivity contribution is 0.115. The van der Waals surface area contributed by atoms with E-state index in [0.29, 0.717) is 24.7 Å². The highest BCUT2D eigenvalue weighted by Crippen LogP contribution is 2.29. The fourth-order valence-corrected chi connectivity index (χ4v) is 4.68. The van der Waals surface area contributed by atoms with Crippen molar-refractivity contribution < 1.29 is 13.2 Å². The van der Waals surface area contributed by atoms with Crippen molar-refractivity contribution in [2.75, 3.05) is 27.2 Å². The van der Waals surface area contributed by atoms with E-state index in [2.05, 4.69) is 5.32 Å². The highest BCUT2D eigenvalue weighted by molar-refractivity contribution is 7.89. The van der Waals surface area contributed by atoms with Crippen LogP contribution in [0.3, 0.4) is 0 Å². The van der Waals surface area contributed by atoms with Gasteiger partial charge < -0.3 is 10.1 Å². The van der Waals surface area contributed by atoms with Crippen molar-refractivity contribution in [3.05, 3.63) is 28.3 Å². The fraction of sp³-hybridized carbons (Fsp3) is 0.571. The van der Waals surface area contributed by atoms with Crippen LogP contribution >= 0.6 is 11.6 Å². The third-order valence-electron chi connectivity index (χ3n) is 3.86. The Morgan fingerprint density at radius 3 is 2.76 bits per heavy atom. The van der Waals surface area contributed by atoms with Crippen molar-refractivity contribution in [1.29, 1.82) is 0 Å². The smallest absolute Gasteiger partial charge is 0.243 e. The molecule has 1 aliphatic rings. The summed E-state index contributed by atoms with van der Waals surface area (Å²) >= 11 is 6.09. The molecular formula is C14H21ClN2O3S. The van der Waals surface area contributed by atoms with Gasteiger partial charge in [-0.1, -0.05) is 11.6 Å². The molecule has 0 radical (unpaired) electrons. The van der Waals surface area contributed by atoms with Crippen LogP contribution in [0.2, 0.25) is 5.02 Å². The monoisotopic (exact) mass is 332 g/mol. The Hall–Kier alpha value is -0.660. The van der Waals surface area contributed by atoms with Gasteiger partial charge in [0.25, 0.3) is 0 Å². The summed E-state index contributed by atoms with van der Waals surface area (Å²) in [5.41, 5.74) is 1.64. The molecule has 7 heteroatoms. The van der Waals surface area contributed by atoms with Gasteiger partial charge in [0, 0.05) is 31.8 Å². The number of nitrogens with zero attached hydrogens (tertiary/aromatic N) is 1. The van der Waals surface area contributed by atoms with Crippen LogP contribution in [0, 0.1) is 6.92 Å². The molecule has 1 aromatic carbocycles. The summed E-state index contributed by atoms with van der Waals surface area (Å²) in [7, 11) is -0.109. The summed E-state index contributed by atoms with van der Waals surface area (Å²) in [5.74, 6) is 0. The molecule has 1 saturated heterocycles. The number of hydrogen-bond acceptors (Lipinski definition) is 4. The summed E-state index contributed by atoms with van der Waals surface area (Å²) < 4.78 is 32.4. The zero-order valence-corrected chi connectivity index (χ0v) is 14.1. The molecule has 0 bridgehead atoms. The lowest BCUT2D eigenvalue weighted by Gasteiger charge is -2.19. The van der Waals surface area contributed by atoms with Crippen LogP contribution in [0.25, 0.3) is 0 Å². The van der Waals surface area contributed by atoms with Gasteiger partial charge in [0.05, 0.1) is 11.0 Å². The van der Waals surface area contributed by atoms with E-state index in [1.165, 1.54) is 10.4 Å². The first-order chi connectivity index (χ1) is 9.90. The van der Waals surface area contributed by atoms with Gasteiger partial charge in [0.1, 0.15) is 0 Å².